The van der Waals surface area contributed by atoms with Crippen molar-refractivity contribution in [3.8, 4) is 0 Å². The molecule has 7 heteroatoms. The van der Waals surface area contributed by atoms with Crippen LogP contribution in [0, 0.1) is 13.8 Å². The van der Waals surface area contributed by atoms with Gasteiger partial charge in [0.1, 0.15) is 0 Å². The van der Waals surface area contributed by atoms with Crippen LogP contribution in [0.2, 0.25) is 0 Å². The van der Waals surface area contributed by atoms with Gasteiger partial charge < -0.3 is 10.6 Å². The fourth-order valence-electron chi connectivity index (χ4n) is 2.62. The topological polar surface area (TPSA) is 74.3 Å². The molecule has 1 aromatic heterocycles. The van der Waals surface area contributed by atoms with Gasteiger partial charge in [-0.15, -0.1) is 11.3 Å². The number of carbonyl (C=O) groups excluding carboxylic acids is 2. The number of urea groups is 1. The molecular formula is C17H20N4O2S. The lowest BCUT2D eigenvalue weighted by Crippen LogP contribution is -2.28. The Hall–Kier alpha value is -2.41. The Kier molecular flexibility index (Phi) is 4.80. The molecule has 24 heavy (non-hydrogen) atoms. The Morgan fingerprint density at radius 2 is 2.25 bits per heavy atom. The van der Waals surface area contributed by atoms with E-state index in [-0.39, 0.29) is 18.4 Å². The van der Waals surface area contributed by atoms with Crippen LogP contribution in [-0.4, -0.2) is 30.0 Å². The number of benzene rings is 1. The van der Waals surface area contributed by atoms with Crippen LogP contribution < -0.4 is 15.5 Å². The van der Waals surface area contributed by atoms with E-state index in [0.717, 1.165) is 5.56 Å². The van der Waals surface area contributed by atoms with Crippen LogP contribution in [0.3, 0.4) is 0 Å². The van der Waals surface area contributed by atoms with E-state index in [1.54, 1.807) is 4.90 Å². The summed E-state index contributed by atoms with van der Waals surface area (Å²) in [6, 6.07) is 6.06. The van der Waals surface area contributed by atoms with E-state index < -0.39 is 0 Å². The van der Waals surface area contributed by atoms with E-state index >= 15 is 0 Å². The number of nitrogens with one attached hydrogen (secondary N) is 2. The van der Waals surface area contributed by atoms with Gasteiger partial charge in [-0.2, -0.15) is 0 Å². The number of aryl methyl sites for hydroxylation is 2. The van der Waals surface area contributed by atoms with Gasteiger partial charge in [0.05, 0.1) is 12.1 Å². The van der Waals surface area contributed by atoms with E-state index in [2.05, 4.69) is 28.6 Å². The molecule has 3 rings (SSSR count). The summed E-state index contributed by atoms with van der Waals surface area (Å²) in [6.45, 7) is 5.85. The first-order chi connectivity index (χ1) is 11.5. The molecule has 2 heterocycles. The van der Waals surface area contributed by atoms with Crippen molar-refractivity contribution in [3.63, 3.8) is 0 Å². The lowest BCUT2D eigenvalue weighted by molar-refractivity contribution is -0.120. The first-order valence-corrected chi connectivity index (χ1v) is 8.73. The molecule has 3 amide bonds. The van der Waals surface area contributed by atoms with E-state index in [1.165, 1.54) is 22.5 Å². The van der Waals surface area contributed by atoms with Crippen LogP contribution in [0.15, 0.2) is 23.6 Å². The largest absolute Gasteiger partial charge is 0.352 e. The van der Waals surface area contributed by atoms with Gasteiger partial charge in [-0.3, -0.25) is 9.69 Å². The molecule has 1 aromatic carbocycles. The average molecular weight is 344 g/mol. The second-order valence-electron chi connectivity index (χ2n) is 5.89. The maximum absolute atomic E-state index is 12.1. The molecule has 0 saturated carbocycles. The van der Waals surface area contributed by atoms with Gasteiger partial charge in [0.2, 0.25) is 5.91 Å². The van der Waals surface area contributed by atoms with Crippen molar-refractivity contribution in [1.82, 2.24) is 15.6 Å². The lowest BCUT2D eigenvalue weighted by Gasteiger charge is -2.09. The monoisotopic (exact) mass is 344 g/mol. The second-order valence-corrected chi connectivity index (χ2v) is 6.72. The van der Waals surface area contributed by atoms with Gasteiger partial charge in [-0.1, -0.05) is 23.8 Å². The minimum absolute atomic E-state index is 0.0716. The summed E-state index contributed by atoms with van der Waals surface area (Å²) in [5.74, 6) is -0.0716. The molecule has 126 valence electrons. The van der Waals surface area contributed by atoms with Gasteiger partial charge in [0, 0.05) is 25.0 Å². The molecule has 1 aliphatic rings. The van der Waals surface area contributed by atoms with Crippen LogP contribution >= 0.6 is 11.3 Å². The Labute approximate surface area is 144 Å². The van der Waals surface area contributed by atoms with Crippen LogP contribution in [0.25, 0.3) is 0 Å². The normalized spacial score (nSPS) is 13.9. The van der Waals surface area contributed by atoms with Crippen molar-refractivity contribution in [2.45, 2.75) is 26.8 Å². The van der Waals surface area contributed by atoms with Crippen LogP contribution in [0.1, 0.15) is 22.4 Å². The third kappa shape index (κ3) is 3.73. The molecule has 0 radical (unpaired) electrons. The first-order valence-electron chi connectivity index (χ1n) is 7.85. The SMILES string of the molecule is Cc1ccc(CNC(=O)Cc2csc(N3CCNC3=O)n2)c(C)c1. The standard InChI is InChI=1S/C17H20N4O2S/c1-11-3-4-13(12(2)7-11)9-19-15(22)8-14-10-24-17(20-14)21-6-5-18-16(21)23/h3-4,7,10H,5-6,8-9H2,1-2H3,(H,18,23)(H,19,22). The number of rotatable bonds is 5. The van der Waals surface area contributed by atoms with Gasteiger partial charge >= 0.3 is 6.03 Å². The summed E-state index contributed by atoms with van der Waals surface area (Å²) in [6.07, 6.45) is 0.219. The molecule has 0 spiro atoms. The molecule has 2 N–H and O–H groups in total. The molecule has 1 fully saturated rings. The Morgan fingerprint density at radius 3 is 2.96 bits per heavy atom. The minimum atomic E-state index is -0.129. The maximum Gasteiger partial charge on any atom is 0.323 e. The van der Waals surface area contributed by atoms with Crippen molar-refractivity contribution in [2.24, 2.45) is 0 Å². The summed E-state index contributed by atoms with van der Waals surface area (Å²) in [7, 11) is 0. The molecule has 0 aliphatic carbocycles. The average Bonchev–Trinajstić information content (AvgIpc) is 3.15. The molecule has 6 nitrogen and oxygen atoms in total. The maximum atomic E-state index is 12.1. The quantitative estimate of drug-likeness (QED) is 0.873. The number of thiazole rings is 1. The van der Waals surface area contributed by atoms with Crippen molar-refractivity contribution in [2.75, 3.05) is 18.0 Å². The highest BCUT2D eigenvalue weighted by Gasteiger charge is 2.24. The molecule has 1 saturated heterocycles. The van der Waals surface area contributed by atoms with Crippen LogP contribution in [0.5, 0.6) is 0 Å². The highest BCUT2D eigenvalue weighted by molar-refractivity contribution is 7.14. The highest BCUT2D eigenvalue weighted by Crippen LogP contribution is 2.22. The van der Waals surface area contributed by atoms with Crippen molar-refractivity contribution < 1.29 is 9.59 Å². The number of carbonyl (C=O) groups is 2. The van der Waals surface area contributed by atoms with Gasteiger partial charge in [-0.25, -0.2) is 9.78 Å². The smallest absolute Gasteiger partial charge is 0.323 e. The van der Waals surface area contributed by atoms with Gasteiger partial charge in [0.25, 0.3) is 0 Å². The van der Waals surface area contributed by atoms with Crippen molar-refractivity contribution >= 4 is 28.4 Å². The second kappa shape index (κ2) is 7.00. The summed E-state index contributed by atoms with van der Waals surface area (Å²) in [5, 5.41) is 8.14. The number of nitrogens with zero attached hydrogens (tertiary/aromatic N) is 2. The van der Waals surface area contributed by atoms with E-state index in [9.17, 15) is 9.59 Å². The molecular weight excluding hydrogens is 324 g/mol. The Balaban J connectivity index is 1.55. The van der Waals surface area contributed by atoms with E-state index in [4.69, 9.17) is 0 Å². The summed E-state index contributed by atoms with van der Waals surface area (Å²) >= 11 is 1.39. The lowest BCUT2D eigenvalue weighted by atomic mass is 10.1. The van der Waals surface area contributed by atoms with E-state index in [0.29, 0.717) is 30.5 Å². The number of aromatic nitrogens is 1. The number of hydrogen-bond acceptors (Lipinski definition) is 4. The highest BCUT2D eigenvalue weighted by atomic mass is 32.1. The van der Waals surface area contributed by atoms with Crippen LogP contribution in [0.4, 0.5) is 9.93 Å². The zero-order valence-electron chi connectivity index (χ0n) is 13.8. The molecule has 0 unspecified atom stereocenters. The summed E-state index contributed by atoms with van der Waals surface area (Å²) in [5.41, 5.74) is 4.18. The predicted octanol–water partition coefficient (Wildman–Crippen LogP) is 2.15. The fourth-order valence-corrected chi connectivity index (χ4v) is 3.47. The first kappa shape index (κ1) is 16.4. The number of hydrogen-bond donors (Lipinski definition) is 2. The van der Waals surface area contributed by atoms with E-state index in [1.807, 2.05) is 24.4 Å². The molecule has 2 aromatic rings. The third-order valence-electron chi connectivity index (χ3n) is 3.94. The fraction of sp³-hybridized carbons (Fsp3) is 0.353. The molecule has 1 aliphatic heterocycles. The minimum Gasteiger partial charge on any atom is -0.352 e. The summed E-state index contributed by atoms with van der Waals surface area (Å²) in [4.78, 5) is 29.7. The molecule has 0 bridgehead atoms. The predicted molar refractivity (Wildman–Crippen MR) is 94.3 cm³/mol. The summed E-state index contributed by atoms with van der Waals surface area (Å²) < 4.78 is 0. The molecule has 0 atom stereocenters. The Bertz CT molecular complexity index is 772. The van der Waals surface area contributed by atoms with Crippen molar-refractivity contribution in [1.29, 1.82) is 0 Å². The van der Waals surface area contributed by atoms with Crippen LogP contribution in [-0.2, 0) is 17.8 Å². The van der Waals surface area contributed by atoms with Crippen molar-refractivity contribution in [3.05, 3.63) is 46.0 Å². The number of anilines is 1. The van der Waals surface area contributed by atoms with Gasteiger partial charge in [0.15, 0.2) is 5.13 Å². The zero-order valence-corrected chi connectivity index (χ0v) is 14.6. The number of amides is 3. The van der Waals surface area contributed by atoms with Gasteiger partial charge in [-0.05, 0) is 25.0 Å². The third-order valence-corrected chi connectivity index (χ3v) is 4.86. The zero-order chi connectivity index (χ0) is 17.1. The Morgan fingerprint density at radius 1 is 1.42 bits per heavy atom.